The van der Waals surface area contributed by atoms with Crippen LogP contribution < -0.4 is 0 Å². The molecular formula is C12H14F2O. The Bertz CT molecular complexity index is 350. The molecule has 0 heterocycles. The van der Waals surface area contributed by atoms with E-state index in [4.69, 9.17) is 0 Å². The van der Waals surface area contributed by atoms with Crippen LogP contribution in [-0.4, -0.2) is 11.2 Å². The van der Waals surface area contributed by atoms with Gasteiger partial charge in [-0.2, -0.15) is 0 Å². The first-order valence-electron chi connectivity index (χ1n) is 5.15. The van der Waals surface area contributed by atoms with E-state index in [2.05, 4.69) is 0 Å². The van der Waals surface area contributed by atoms with Crippen LogP contribution in [0.25, 0.3) is 0 Å². The minimum atomic E-state index is -0.550. The maximum atomic E-state index is 12.9. The van der Waals surface area contributed by atoms with E-state index in [0.717, 1.165) is 18.9 Å². The Labute approximate surface area is 87.7 Å². The molecule has 1 aromatic rings. The number of benzene rings is 1. The summed E-state index contributed by atoms with van der Waals surface area (Å²) in [6, 6.07) is 3.54. The van der Waals surface area contributed by atoms with E-state index in [0.29, 0.717) is 12.0 Å². The predicted octanol–water partition coefficient (Wildman–Crippen LogP) is 2.67. The number of aliphatic hydroxyl groups excluding tert-OH is 1. The highest BCUT2D eigenvalue weighted by molar-refractivity contribution is 5.21. The molecule has 1 aromatic carbocycles. The summed E-state index contributed by atoms with van der Waals surface area (Å²) >= 11 is 0. The molecule has 1 aliphatic carbocycles. The summed E-state index contributed by atoms with van der Waals surface area (Å²) < 4.78 is 25.8. The molecule has 0 aromatic heterocycles. The normalized spacial score (nSPS) is 20.0. The summed E-state index contributed by atoms with van der Waals surface area (Å²) in [6.07, 6.45) is 2.01. The van der Waals surface area contributed by atoms with Crippen LogP contribution in [0.2, 0.25) is 0 Å². The second-order valence-corrected chi connectivity index (χ2v) is 4.49. The molecule has 1 aliphatic rings. The maximum absolute atomic E-state index is 12.9. The molecule has 3 heteroatoms. The van der Waals surface area contributed by atoms with Gasteiger partial charge in [-0.15, -0.1) is 0 Å². The lowest BCUT2D eigenvalue weighted by atomic mass is 9.91. The van der Waals surface area contributed by atoms with E-state index in [1.165, 1.54) is 12.1 Å². The molecule has 2 rings (SSSR count). The molecule has 1 fully saturated rings. The van der Waals surface area contributed by atoms with Crippen LogP contribution in [0, 0.1) is 17.0 Å². The van der Waals surface area contributed by atoms with Gasteiger partial charge in [-0.3, -0.25) is 0 Å². The van der Waals surface area contributed by atoms with Gasteiger partial charge in [-0.25, -0.2) is 8.78 Å². The Kier molecular flexibility index (Phi) is 2.51. The lowest BCUT2D eigenvalue weighted by molar-refractivity contribution is 0.110. The topological polar surface area (TPSA) is 20.2 Å². The standard InChI is InChI=1S/C12H14F2O/c1-8(15)12(2-3-12)7-9-4-10(13)6-11(14)5-9/h4-6,8,15H,2-3,7H2,1H3. The van der Waals surface area contributed by atoms with Crippen molar-refractivity contribution in [2.45, 2.75) is 32.3 Å². The summed E-state index contributed by atoms with van der Waals surface area (Å²) in [4.78, 5) is 0. The molecule has 15 heavy (non-hydrogen) atoms. The van der Waals surface area contributed by atoms with Gasteiger partial charge in [-0.1, -0.05) is 0 Å². The van der Waals surface area contributed by atoms with E-state index in [1.54, 1.807) is 6.92 Å². The van der Waals surface area contributed by atoms with Gasteiger partial charge in [0.15, 0.2) is 0 Å². The molecule has 1 saturated carbocycles. The summed E-state index contributed by atoms with van der Waals surface area (Å²) in [5.74, 6) is -1.10. The minimum Gasteiger partial charge on any atom is -0.393 e. The van der Waals surface area contributed by atoms with Gasteiger partial charge < -0.3 is 5.11 Å². The average molecular weight is 212 g/mol. The van der Waals surface area contributed by atoms with E-state index in [9.17, 15) is 13.9 Å². The quantitative estimate of drug-likeness (QED) is 0.816. The monoisotopic (exact) mass is 212 g/mol. The van der Waals surface area contributed by atoms with Crippen molar-refractivity contribution < 1.29 is 13.9 Å². The Morgan fingerprint density at radius 3 is 2.20 bits per heavy atom. The zero-order chi connectivity index (χ0) is 11.1. The smallest absolute Gasteiger partial charge is 0.126 e. The van der Waals surface area contributed by atoms with Crippen molar-refractivity contribution in [3.8, 4) is 0 Å². The second-order valence-electron chi connectivity index (χ2n) is 4.49. The first-order valence-corrected chi connectivity index (χ1v) is 5.15. The zero-order valence-electron chi connectivity index (χ0n) is 8.63. The molecule has 0 radical (unpaired) electrons. The molecule has 1 nitrogen and oxygen atoms in total. The van der Waals surface area contributed by atoms with E-state index < -0.39 is 17.7 Å². The lowest BCUT2D eigenvalue weighted by Crippen LogP contribution is -2.20. The Morgan fingerprint density at radius 2 is 1.80 bits per heavy atom. The van der Waals surface area contributed by atoms with Gasteiger partial charge in [0.05, 0.1) is 6.10 Å². The molecule has 0 saturated heterocycles. The van der Waals surface area contributed by atoms with Crippen LogP contribution in [-0.2, 0) is 6.42 Å². The van der Waals surface area contributed by atoms with Crippen molar-refractivity contribution >= 4 is 0 Å². The summed E-state index contributed by atoms with van der Waals surface area (Å²) in [5, 5.41) is 9.56. The molecule has 0 bridgehead atoms. The second kappa shape index (κ2) is 3.56. The Morgan fingerprint density at radius 1 is 1.27 bits per heavy atom. The van der Waals surface area contributed by atoms with Crippen molar-refractivity contribution in [2.75, 3.05) is 0 Å². The summed E-state index contributed by atoms with van der Waals surface area (Å²) in [6.45, 7) is 1.74. The van der Waals surface area contributed by atoms with Gasteiger partial charge in [0.2, 0.25) is 0 Å². The number of rotatable bonds is 3. The summed E-state index contributed by atoms with van der Waals surface area (Å²) in [5.41, 5.74) is 0.492. The molecule has 1 N–H and O–H groups in total. The van der Waals surface area contributed by atoms with Gasteiger partial charge in [-0.05, 0) is 43.9 Å². The Balaban J connectivity index is 2.17. The van der Waals surface area contributed by atoms with Crippen LogP contribution in [0.1, 0.15) is 25.3 Å². The number of hydrogen-bond donors (Lipinski definition) is 1. The fourth-order valence-corrected chi connectivity index (χ4v) is 2.02. The minimum absolute atomic E-state index is 0.139. The number of aliphatic hydroxyl groups is 1. The first kappa shape index (κ1) is 10.6. The zero-order valence-corrected chi connectivity index (χ0v) is 8.63. The van der Waals surface area contributed by atoms with Gasteiger partial charge in [0.25, 0.3) is 0 Å². The van der Waals surface area contributed by atoms with Crippen molar-refractivity contribution in [1.29, 1.82) is 0 Å². The van der Waals surface area contributed by atoms with Crippen LogP contribution in [0.4, 0.5) is 8.78 Å². The fraction of sp³-hybridized carbons (Fsp3) is 0.500. The van der Waals surface area contributed by atoms with Crippen molar-refractivity contribution in [3.63, 3.8) is 0 Å². The van der Waals surface area contributed by atoms with E-state index in [-0.39, 0.29) is 5.41 Å². The van der Waals surface area contributed by atoms with Crippen LogP contribution in [0.15, 0.2) is 18.2 Å². The third kappa shape index (κ3) is 2.17. The highest BCUT2D eigenvalue weighted by atomic mass is 19.1. The molecule has 82 valence electrons. The highest BCUT2D eigenvalue weighted by Crippen LogP contribution is 2.51. The van der Waals surface area contributed by atoms with Gasteiger partial charge in [0, 0.05) is 11.5 Å². The molecule has 0 spiro atoms. The highest BCUT2D eigenvalue weighted by Gasteiger charge is 2.46. The van der Waals surface area contributed by atoms with Crippen LogP contribution >= 0.6 is 0 Å². The van der Waals surface area contributed by atoms with E-state index >= 15 is 0 Å². The van der Waals surface area contributed by atoms with E-state index in [1.807, 2.05) is 0 Å². The summed E-state index contributed by atoms with van der Waals surface area (Å²) in [7, 11) is 0. The third-order valence-electron chi connectivity index (χ3n) is 3.26. The molecular weight excluding hydrogens is 198 g/mol. The SMILES string of the molecule is CC(O)C1(Cc2cc(F)cc(F)c2)CC1. The van der Waals surface area contributed by atoms with Crippen molar-refractivity contribution in [3.05, 3.63) is 35.4 Å². The van der Waals surface area contributed by atoms with Crippen molar-refractivity contribution in [1.82, 2.24) is 0 Å². The molecule has 1 unspecified atom stereocenters. The Hall–Kier alpha value is -0.960. The lowest BCUT2D eigenvalue weighted by Gasteiger charge is -2.18. The van der Waals surface area contributed by atoms with Crippen molar-refractivity contribution in [2.24, 2.45) is 5.41 Å². The fourth-order valence-electron chi connectivity index (χ4n) is 2.02. The first-order chi connectivity index (χ1) is 7.02. The molecule has 0 aliphatic heterocycles. The molecule has 1 atom stereocenters. The largest absolute Gasteiger partial charge is 0.393 e. The van der Waals surface area contributed by atoms with Crippen LogP contribution in [0.3, 0.4) is 0 Å². The van der Waals surface area contributed by atoms with Gasteiger partial charge >= 0.3 is 0 Å². The third-order valence-corrected chi connectivity index (χ3v) is 3.26. The van der Waals surface area contributed by atoms with Crippen LogP contribution in [0.5, 0.6) is 0 Å². The number of halogens is 2. The molecule has 0 amide bonds. The van der Waals surface area contributed by atoms with Gasteiger partial charge in [0.1, 0.15) is 11.6 Å². The number of hydrogen-bond acceptors (Lipinski definition) is 1. The maximum Gasteiger partial charge on any atom is 0.126 e. The predicted molar refractivity (Wildman–Crippen MR) is 53.4 cm³/mol. The average Bonchev–Trinajstić information content (AvgIpc) is 2.83.